The number of imidazole rings is 1. The third-order valence-corrected chi connectivity index (χ3v) is 3.96. The summed E-state index contributed by atoms with van der Waals surface area (Å²) >= 11 is 0. The Morgan fingerprint density at radius 2 is 1.91 bits per heavy atom. The lowest BCUT2D eigenvalue weighted by Crippen LogP contribution is -2.33. The predicted molar refractivity (Wildman–Crippen MR) is 81.8 cm³/mol. The maximum absolute atomic E-state index is 11.2. The Balaban J connectivity index is 1.87. The summed E-state index contributed by atoms with van der Waals surface area (Å²) in [7, 11) is 0. The number of aromatic nitrogens is 2. The van der Waals surface area contributed by atoms with Crippen LogP contribution in [0.1, 0.15) is 11.4 Å². The van der Waals surface area contributed by atoms with Gasteiger partial charge in [-0.25, -0.2) is 9.78 Å². The number of carboxylic acid groups (broad SMARTS) is 1. The highest BCUT2D eigenvalue weighted by Crippen LogP contribution is 2.39. The van der Waals surface area contributed by atoms with Crippen LogP contribution in [-0.2, 0) is 19.9 Å². The molecule has 0 bridgehead atoms. The van der Waals surface area contributed by atoms with Crippen LogP contribution in [0.25, 0.3) is 11.0 Å². The molecule has 116 valence electrons. The van der Waals surface area contributed by atoms with E-state index in [0.717, 1.165) is 16.6 Å². The highest BCUT2D eigenvalue weighted by molar-refractivity contribution is 5.75. The zero-order chi connectivity index (χ0) is 15.9. The number of H-pyrrole nitrogens is 1. The van der Waals surface area contributed by atoms with Crippen LogP contribution in [0.5, 0.6) is 0 Å². The molecule has 6 nitrogen and oxygen atoms in total. The second-order valence-electron chi connectivity index (χ2n) is 5.39. The number of rotatable bonds is 3. The van der Waals surface area contributed by atoms with Crippen molar-refractivity contribution in [1.29, 1.82) is 0 Å². The fourth-order valence-corrected chi connectivity index (χ4v) is 2.83. The minimum Gasteiger partial charge on any atom is -0.477 e. The molecule has 3 aromatic rings. The molecule has 2 heterocycles. The lowest BCUT2D eigenvalue weighted by atomic mass is 9.94. The Kier molecular flexibility index (Phi) is 3.14. The molecule has 1 aliphatic rings. The number of aromatic amines is 1. The van der Waals surface area contributed by atoms with Crippen LogP contribution in [0.3, 0.4) is 0 Å². The number of hydrogen-bond donors (Lipinski definition) is 2. The Morgan fingerprint density at radius 3 is 2.61 bits per heavy atom. The number of benzene rings is 2. The molecule has 0 unspecified atom stereocenters. The molecule has 1 aliphatic heterocycles. The third-order valence-electron chi connectivity index (χ3n) is 3.96. The molecule has 0 amide bonds. The van der Waals surface area contributed by atoms with E-state index in [4.69, 9.17) is 9.47 Å². The zero-order valence-electron chi connectivity index (χ0n) is 12.1. The molecule has 1 fully saturated rings. The number of para-hydroxylation sites is 2. The minimum absolute atomic E-state index is 0.0772. The molecule has 2 aromatic carbocycles. The van der Waals surface area contributed by atoms with Gasteiger partial charge in [-0.05, 0) is 17.7 Å². The molecule has 1 aromatic heterocycles. The Labute approximate surface area is 131 Å². The van der Waals surface area contributed by atoms with E-state index in [1.165, 1.54) is 0 Å². The average molecular weight is 310 g/mol. The van der Waals surface area contributed by atoms with Crippen molar-refractivity contribution in [3.05, 3.63) is 66.0 Å². The number of nitrogens with zero attached hydrogens (tertiary/aromatic N) is 1. The lowest BCUT2D eigenvalue weighted by molar-refractivity contribution is -0.171. The van der Waals surface area contributed by atoms with Crippen LogP contribution in [0, 0.1) is 0 Å². The fraction of sp³-hybridized carbons (Fsp3) is 0.176. The van der Waals surface area contributed by atoms with Crippen molar-refractivity contribution in [2.24, 2.45) is 0 Å². The summed E-state index contributed by atoms with van der Waals surface area (Å²) in [5, 5.41) is 9.20. The Morgan fingerprint density at radius 1 is 1.17 bits per heavy atom. The van der Waals surface area contributed by atoms with Gasteiger partial charge in [-0.2, -0.15) is 0 Å². The highest BCUT2D eigenvalue weighted by Gasteiger charge is 2.49. The van der Waals surface area contributed by atoms with Crippen molar-refractivity contribution in [2.75, 3.05) is 6.61 Å². The molecule has 6 heteroatoms. The minimum atomic E-state index is -1.32. The first kappa shape index (κ1) is 13.9. The van der Waals surface area contributed by atoms with Gasteiger partial charge in [-0.3, -0.25) is 0 Å². The first-order valence-electron chi connectivity index (χ1n) is 7.22. The van der Waals surface area contributed by atoms with Gasteiger partial charge in [0.1, 0.15) is 5.82 Å². The summed E-state index contributed by atoms with van der Waals surface area (Å²) in [6, 6.07) is 17.0. The molecular weight excluding hydrogens is 296 g/mol. The van der Waals surface area contributed by atoms with Crippen LogP contribution >= 0.6 is 0 Å². The first-order chi connectivity index (χ1) is 11.2. The van der Waals surface area contributed by atoms with Gasteiger partial charge in [-0.1, -0.05) is 42.5 Å². The summed E-state index contributed by atoms with van der Waals surface area (Å²) in [6.07, 6.45) is -1.32. The maximum atomic E-state index is 11.2. The van der Waals surface area contributed by atoms with E-state index in [2.05, 4.69) is 9.97 Å². The molecule has 1 saturated heterocycles. The zero-order valence-corrected chi connectivity index (χ0v) is 12.1. The summed E-state index contributed by atoms with van der Waals surface area (Å²) in [5.41, 5.74) is 1.38. The van der Waals surface area contributed by atoms with E-state index in [1.807, 2.05) is 54.6 Å². The van der Waals surface area contributed by atoms with Gasteiger partial charge in [0.05, 0.1) is 17.6 Å². The number of ether oxygens (including phenoxy) is 2. The van der Waals surface area contributed by atoms with Crippen molar-refractivity contribution >= 4 is 17.0 Å². The van der Waals surface area contributed by atoms with E-state index >= 15 is 0 Å². The van der Waals surface area contributed by atoms with Crippen LogP contribution < -0.4 is 0 Å². The number of carbonyl (C=O) groups is 1. The van der Waals surface area contributed by atoms with Crippen LogP contribution in [-0.4, -0.2) is 33.9 Å². The molecule has 0 radical (unpaired) electrons. The van der Waals surface area contributed by atoms with E-state index in [-0.39, 0.29) is 6.61 Å². The van der Waals surface area contributed by atoms with Crippen LogP contribution in [0.4, 0.5) is 0 Å². The number of hydrogen-bond acceptors (Lipinski definition) is 4. The summed E-state index contributed by atoms with van der Waals surface area (Å²) in [5.74, 6) is -0.618. The number of aliphatic carboxylic acids is 1. The molecule has 4 rings (SSSR count). The van der Waals surface area contributed by atoms with Crippen molar-refractivity contribution in [2.45, 2.75) is 11.9 Å². The molecule has 2 N–H and O–H groups in total. The molecule has 0 aliphatic carbocycles. The van der Waals surface area contributed by atoms with Gasteiger partial charge < -0.3 is 19.6 Å². The summed E-state index contributed by atoms with van der Waals surface area (Å²) < 4.78 is 11.2. The van der Waals surface area contributed by atoms with Gasteiger partial charge >= 0.3 is 5.97 Å². The first-order valence-corrected chi connectivity index (χ1v) is 7.22. The smallest absolute Gasteiger partial charge is 0.361 e. The molecule has 23 heavy (non-hydrogen) atoms. The highest BCUT2D eigenvalue weighted by atomic mass is 16.7. The van der Waals surface area contributed by atoms with Crippen molar-refractivity contribution in [3.8, 4) is 0 Å². The van der Waals surface area contributed by atoms with Gasteiger partial charge in [0, 0.05) is 0 Å². The molecule has 0 saturated carbocycles. The third kappa shape index (κ3) is 2.19. The Bertz CT molecular complexity index is 828. The topological polar surface area (TPSA) is 84.4 Å². The monoisotopic (exact) mass is 310 g/mol. The predicted octanol–water partition coefficient (Wildman–Crippen LogP) is 2.26. The van der Waals surface area contributed by atoms with Gasteiger partial charge in [0.2, 0.25) is 0 Å². The van der Waals surface area contributed by atoms with Crippen molar-refractivity contribution in [3.63, 3.8) is 0 Å². The van der Waals surface area contributed by atoms with E-state index < -0.39 is 17.9 Å². The van der Waals surface area contributed by atoms with Gasteiger partial charge in [0.25, 0.3) is 6.29 Å². The van der Waals surface area contributed by atoms with Crippen molar-refractivity contribution < 1.29 is 19.4 Å². The lowest BCUT2D eigenvalue weighted by Gasteiger charge is -2.25. The second kappa shape index (κ2) is 5.19. The molecule has 0 spiro atoms. The van der Waals surface area contributed by atoms with E-state index in [9.17, 15) is 9.90 Å². The largest absolute Gasteiger partial charge is 0.477 e. The Hall–Kier alpha value is -2.70. The van der Waals surface area contributed by atoms with Crippen molar-refractivity contribution in [1.82, 2.24) is 9.97 Å². The molecular formula is C17H14N2O4. The number of carboxylic acids is 1. The average Bonchev–Trinajstić information content (AvgIpc) is 3.21. The second-order valence-corrected chi connectivity index (χ2v) is 5.39. The molecule has 2 atom stereocenters. The van der Waals surface area contributed by atoms with E-state index in [0.29, 0.717) is 5.82 Å². The van der Waals surface area contributed by atoms with Crippen LogP contribution in [0.2, 0.25) is 0 Å². The number of nitrogens with one attached hydrogen (secondary N) is 1. The fourth-order valence-electron chi connectivity index (χ4n) is 2.83. The standard InChI is InChI=1S/C17H14N2O4/c20-14(21)15-22-10-17(23-15,11-6-2-1-3-7-11)16-18-12-8-4-5-9-13(12)19-16/h1-9,15H,10H2,(H,18,19)(H,20,21)/t15-,17+/m1/s1. The SMILES string of the molecule is O=C(O)[C@@H]1OC[C@](c2ccccc2)(c2nc3ccccc3[nH]2)O1. The summed E-state index contributed by atoms with van der Waals surface area (Å²) in [6.45, 7) is 0.0772. The normalized spacial score (nSPS) is 24.1. The summed E-state index contributed by atoms with van der Waals surface area (Å²) in [4.78, 5) is 19.1. The van der Waals surface area contributed by atoms with E-state index in [1.54, 1.807) is 0 Å². The quantitative estimate of drug-likeness (QED) is 0.775. The van der Waals surface area contributed by atoms with Gasteiger partial charge in [-0.15, -0.1) is 0 Å². The maximum Gasteiger partial charge on any atom is 0.361 e. The number of fused-ring (bicyclic) bond motifs is 1. The van der Waals surface area contributed by atoms with Gasteiger partial charge in [0.15, 0.2) is 5.60 Å². The van der Waals surface area contributed by atoms with Crippen LogP contribution in [0.15, 0.2) is 54.6 Å².